The predicted molar refractivity (Wildman–Crippen MR) is 75.3 cm³/mol. The molecule has 0 saturated carbocycles. The number of hydrogen-bond acceptors (Lipinski definition) is 2. The van der Waals surface area contributed by atoms with Crippen LogP contribution in [0.15, 0.2) is 54.9 Å². The molecule has 0 radical (unpaired) electrons. The van der Waals surface area contributed by atoms with Crippen LogP contribution < -0.4 is 0 Å². The highest BCUT2D eigenvalue weighted by molar-refractivity contribution is 7.80. The van der Waals surface area contributed by atoms with E-state index < -0.39 is 0 Å². The van der Waals surface area contributed by atoms with Gasteiger partial charge in [-0.25, -0.2) is 0 Å². The van der Waals surface area contributed by atoms with Crippen molar-refractivity contribution < 1.29 is 0 Å². The van der Waals surface area contributed by atoms with Crippen molar-refractivity contribution in [3.8, 4) is 0 Å². The fraction of sp³-hybridized carbons (Fsp3) is 0.200. The highest BCUT2D eigenvalue weighted by atomic mass is 32.1. The quantitative estimate of drug-likeness (QED) is 0.741. The van der Waals surface area contributed by atoms with Gasteiger partial charge in [-0.2, -0.15) is 0 Å². The van der Waals surface area contributed by atoms with Crippen LogP contribution >= 0.6 is 12.2 Å². The Morgan fingerprint density at radius 3 is 2.47 bits per heavy atom. The van der Waals surface area contributed by atoms with Crippen LogP contribution in [0.3, 0.4) is 0 Å². The van der Waals surface area contributed by atoms with Gasteiger partial charge in [0.15, 0.2) is 0 Å². The van der Waals surface area contributed by atoms with E-state index in [0.29, 0.717) is 0 Å². The molecule has 0 saturated heterocycles. The van der Waals surface area contributed by atoms with Gasteiger partial charge >= 0.3 is 0 Å². The lowest BCUT2D eigenvalue weighted by Gasteiger charge is -2.04. The molecule has 1 nitrogen and oxygen atoms in total. The summed E-state index contributed by atoms with van der Waals surface area (Å²) in [6, 6.07) is 14.4. The Labute approximate surface area is 108 Å². The van der Waals surface area contributed by atoms with Crippen LogP contribution in [-0.4, -0.2) is 9.85 Å². The molecule has 0 fully saturated rings. The summed E-state index contributed by atoms with van der Waals surface area (Å²) in [4.78, 5) is 5.21. The summed E-state index contributed by atoms with van der Waals surface area (Å²) in [6.45, 7) is 0. The first-order valence-electron chi connectivity index (χ1n) is 5.79. The van der Waals surface area contributed by atoms with Crippen molar-refractivity contribution in [2.75, 3.05) is 0 Å². The molecule has 0 spiro atoms. The second kappa shape index (κ2) is 6.26. The molecular formula is C15H15NS. The molecule has 2 heteroatoms. The second-order valence-corrected chi connectivity index (χ2v) is 4.64. The molecule has 0 bridgehead atoms. The number of thiocarbonyl (C=S) groups is 1. The smallest absolute Gasteiger partial charge is 0.0299 e. The molecule has 0 aliphatic heterocycles. The van der Waals surface area contributed by atoms with Gasteiger partial charge < -0.3 is 0 Å². The van der Waals surface area contributed by atoms with Crippen molar-refractivity contribution in [3.63, 3.8) is 0 Å². The van der Waals surface area contributed by atoms with Gasteiger partial charge in [0.1, 0.15) is 0 Å². The Bertz CT molecular complexity index is 465. The Morgan fingerprint density at radius 1 is 1.00 bits per heavy atom. The molecule has 0 N–H and O–H groups in total. The first-order valence-corrected chi connectivity index (χ1v) is 6.20. The average Bonchev–Trinajstić information content (AvgIpc) is 2.39. The van der Waals surface area contributed by atoms with E-state index in [-0.39, 0.29) is 0 Å². The molecule has 0 atom stereocenters. The van der Waals surface area contributed by atoms with Gasteiger partial charge in [-0.1, -0.05) is 48.6 Å². The Hall–Kier alpha value is -1.54. The van der Waals surface area contributed by atoms with E-state index in [9.17, 15) is 0 Å². The molecule has 86 valence electrons. The molecule has 1 heterocycles. The minimum absolute atomic E-state index is 0.899. The highest BCUT2D eigenvalue weighted by Gasteiger charge is 2.00. The van der Waals surface area contributed by atoms with Crippen LogP contribution in [0.4, 0.5) is 0 Å². The summed E-state index contributed by atoms with van der Waals surface area (Å²) in [6.07, 6.45) is 6.54. The summed E-state index contributed by atoms with van der Waals surface area (Å²) in [5.41, 5.74) is 2.55. The van der Waals surface area contributed by atoms with Crippen molar-refractivity contribution in [1.82, 2.24) is 4.98 Å². The molecular weight excluding hydrogens is 226 g/mol. The van der Waals surface area contributed by atoms with Crippen molar-refractivity contribution in [2.45, 2.75) is 19.3 Å². The Kier molecular flexibility index (Phi) is 4.39. The molecule has 0 unspecified atom stereocenters. The summed E-state index contributed by atoms with van der Waals surface area (Å²) < 4.78 is 0. The lowest BCUT2D eigenvalue weighted by atomic mass is 10.0. The molecule has 17 heavy (non-hydrogen) atoms. The first-order chi connectivity index (χ1) is 8.34. The van der Waals surface area contributed by atoms with E-state index in [2.05, 4.69) is 35.3 Å². The number of hydrogen-bond donors (Lipinski definition) is 0. The van der Waals surface area contributed by atoms with Gasteiger partial charge in [0.2, 0.25) is 0 Å². The minimum Gasteiger partial charge on any atom is -0.264 e. The van der Waals surface area contributed by atoms with Gasteiger partial charge in [0.05, 0.1) is 0 Å². The summed E-state index contributed by atoms with van der Waals surface area (Å²) in [5, 5.41) is 0. The second-order valence-electron chi connectivity index (χ2n) is 4.06. The van der Waals surface area contributed by atoms with Crippen molar-refractivity contribution >= 4 is 17.1 Å². The standard InChI is InChI=1S/C15H15NS/c17-15(11-13-5-2-1-3-6-13)9-8-14-7-4-10-16-12-14/h1-7,10,12H,8-9,11H2. The zero-order chi connectivity index (χ0) is 11.9. The molecule has 2 rings (SSSR count). The fourth-order valence-corrected chi connectivity index (χ4v) is 2.01. The summed E-state index contributed by atoms with van der Waals surface area (Å²) >= 11 is 5.41. The van der Waals surface area contributed by atoms with E-state index in [1.807, 2.05) is 18.3 Å². The molecule has 0 aliphatic rings. The minimum atomic E-state index is 0.899. The normalized spacial score (nSPS) is 10.1. The van der Waals surface area contributed by atoms with E-state index in [1.165, 1.54) is 11.1 Å². The van der Waals surface area contributed by atoms with E-state index in [1.54, 1.807) is 6.20 Å². The van der Waals surface area contributed by atoms with Crippen LogP contribution in [0.5, 0.6) is 0 Å². The Balaban J connectivity index is 1.83. The summed E-state index contributed by atoms with van der Waals surface area (Å²) in [5.74, 6) is 0. The van der Waals surface area contributed by atoms with Gasteiger partial charge in [-0.3, -0.25) is 4.98 Å². The maximum absolute atomic E-state index is 5.41. The number of aromatic nitrogens is 1. The largest absolute Gasteiger partial charge is 0.264 e. The maximum atomic E-state index is 5.41. The molecule has 0 aliphatic carbocycles. The van der Waals surface area contributed by atoms with Crippen LogP contribution in [0.1, 0.15) is 17.5 Å². The molecule has 0 amide bonds. The molecule has 1 aromatic carbocycles. The van der Waals surface area contributed by atoms with Gasteiger partial charge in [0.25, 0.3) is 0 Å². The monoisotopic (exact) mass is 241 g/mol. The van der Waals surface area contributed by atoms with Crippen molar-refractivity contribution in [1.29, 1.82) is 0 Å². The van der Waals surface area contributed by atoms with Crippen LogP contribution in [-0.2, 0) is 12.8 Å². The fourth-order valence-electron chi connectivity index (χ4n) is 1.74. The van der Waals surface area contributed by atoms with Crippen molar-refractivity contribution in [2.24, 2.45) is 0 Å². The third-order valence-electron chi connectivity index (χ3n) is 2.66. The zero-order valence-electron chi connectivity index (χ0n) is 9.67. The number of aryl methyl sites for hydroxylation is 1. The Morgan fingerprint density at radius 2 is 1.76 bits per heavy atom. The predicted octanol–water partition coefficient (Wildman–Crippen LogP) is 3.63. The van der Waals surface area contributed by atoms with Crippen LogP contribution in [0, 0.1) is 0 Å². The number of benzene rings is 1. The maximum Gasteiger partial charge on any atom is 0.0299 e. The topological polar surface area (TPSA) is 12.9 Å². The van der Waals surface area contributed by atoms with Crippen LogP contribution in [0.2, 0.25) is 0 Å². The number of nitrogens with zero attached hydrogens (tertiary/aromatic N) is 1. The number of pyridine rings is 1. The third-order valence-corrected chi connectivity index (χ3v) is 3.01. The van der Waals surface area contributed by atoms with Crippen LogP contribution in [0.25, 0.3) is 0 Å². The van der Waals surface area contributed by atoms with Gasteiger partial charge in [0, 0.05) is 18.8 Å². The lowest BCUT2D eigenvalue weighted by molar-refractivity contribution is 1.02. The highest BCUT2D eigenvalue weighted by Crippen LogP contribution is 2.07. The zero-order valence-corrected chi connectivity index (χ0v) is 10.5. The van der Waals surface area contributed by atoms with Gasteiger partial charge in [-0.15, -0.1) is 0 Å². The molecule has 1 aromatic heterocycles. The van der Waals surface area contributed by atoms with E-state index in [0.717, 1.165) is 24.1 Å². The number of rotatable bonds is 5. The molecule has 2 aromatic rings. The van der Waals surface area contributed by atoms with E-state index >= 15 is 0 Å². The first kappa shape index (κ1) is 11.9. The third kappa shape index (κ3) is 4.08. The van der Waals surface area contributed by atoms with Gasteiger partial charge in [-0.05, 0) is 34.9 Å². The SMILES string of the molecule is S=C(CCc1cccnc1)Cc1ccccc1. The van der Waals surface area contributed by atoms with Crippen molar-refractivity contribution in [3.05, 3.63) is 66.0 Å². The summed E-state index contributed by atoms with van der Waals surface area (Å²) in [7, 11) is 0. The average molecular weight is 241 g/mol. The van der Waals surface area contributed by atoms with E-state index in [4.69, 9.17) is 12.2 Å². The lowest BCUT2D eigenvalue weighted by Crippen LogP contribution is -2.01.